The summed E-state index contributed by atoms with van der Waals surface area (Å²) >= 11 is 7.62. The van der Waals surface area contributed by atoms with E-state index in [0.29, 0.717) is 11.6 Å². The Balaban J connectivity index is 1.94. The second-order valence-corrected chi connectivity index (χ2v) is 7.28. The number of hydrogen-bond donors (Lipinski definition) is 0. The Kier molecular flexibility index (Phi) is 4.62. The van der Waals surface area contributed by atoms with Crippen LogP contribution in [0, 0.1) is 0 Å². The molecule has 0 saturated heterocycles. The number of aromatic nitrogens is 2. The number of imidazole rings is 1. The van der Waals surface area contributed by atoms with Gasteiger partial charge < -0.3 is 0 Å². The molecule has 4 rings (SSSR count). The standard InChI is InChI=1S/C21H17ClN2OS/c1-26-20-9-5-4-8-19(20)24-18-7-3-2-6-17(18)23(21(24)25)14-15-10-12-16(22)13-11-15/h2-13H,14H2,1H3. The van der Waals surface area contributed by atoms with Crippen LogP contribution in [-0.2, 0) is 6.54 Å². The van der Waals surface area contributed by atoms with E-state index >= 15 is 0 Å². The van der Waals surface area contributed by atoms with Crippen molar-refractivity contribution in [2.24, 2.45) is 0 Å². The highest BCUT2D eigenvalue weighted by molar-refractivity contribution is 7.98. The summed E-state index contributed by atoms with van der Waals surface area (Å²) in [5.74, 6) is 0. The number of rotatable bonds is 4. The number of thioether (sulfide) groups is 1. The lowest BCUT2D eigenvalue weighted by molar-refractivity contribution is 0.761. The van der Waals surface area contributed by atoms with E-state index in [1.165, 1.54) is 0 Å². The van der Waals surface area contributed by atoms with Gasteiger partial charge in [-0.1, -0.05) is 48.0 Å². The number of halogens is 1. The predicted molar refractivity (Wildman–Crippen MR) is 110 cm³/mol. The summed E-state index contributed by atoms with van der Waals surface area (Å²) in [7, 11) is 0. The third-order valence-corrected chi connectivity index (χ3v) is 5.45. The molecule has 5 heteroatoms. The summed E-state index contributed by atoms with van der Waals surface area (Å²) in [4.78, 5) is 14.4. The Hall–Kier alpha value is -2.43. The number of fused-ring (bicyclic) bond motifs is 1. The third kappa shape index (κ3) is 2.96. The lowest BCUT2D eigenvalue weighted by atomic mass is 10.2. The van der Waals surface area contributed by atoms with Crippen LogP contribution < -0.4 is 5.69 Å². The Morgan fingerprint density at radius 1 is 0.885 bits per heavy atom. The summed E-state index contributed by atoms with van der Waals surface area (Å²) in [6.45, 7) is 0.505. The largest absolute Gasteiger partial charge is 0.334 e. The van der Waals surface area contributed by atoms with Gasteiger partial charge in [0, 0.05) is 9.92 Å². The van der Waals surface area contributed by atoms with Crippen molar-refractivity contribution in [3.63, 3.8) is 0 Å². The van der Waals surface area contributed by atoms with Crippen molar-refractivity contribution in [1.29, 1.82) is 0 Å². The number of benzene rings is 3. The van der Waals surface area contributed by atoms with Crippen LogP contribution in [0.2, 0.25) is 5.02 Å². The molecule has 26 heavy (non-hydrogen) atoms. The first kappa shape index (κ1) is 17.0. The molecule has 0 amide bonds. The van der Waals surface area contributed by atoms with Crippen molar-refractivity contribution >= 4 is 34.4 Å². The van der Waals surface area contributed by atoms with Gasteiger partial charge in [0.1, 0.15) is 0 Å². The van der Waals surface area contributed by atoms with Crippen molar-refractivity contribution in [3.8, 4) is 5.69 Å². The zero-order chi connectivity index (χ0) is 18.1. The van der Waals surface area contributed by atoms with Gasteiger partial charge in [-0.2, -0.15) is 0 Å². The van der Waals surface area contributed by atoms with E-state index in [2.05, 4.69) is 0 Å². The molecule has 0 radical (unpaired) electrons. The fourth-order valence-corrected chi connectivity index (χ4v) is 3.89. The van der Waals surface area contributed by atoms with Gasteiger partial charge in [-0.05, 0) is 48.2 Å². The minimum Gasteiger partial charge on any atom is -0.287 e. The van der Waals surface area contributed by atoms with Crippen molar-refractivity contribution in [2.45, 2.75) is 11.4 Å². The highest BCUT2D eigenvalue weighted by Gasteiger charge is 2.16. The normalized spacial score (nSPS) is 11.2. The van der Waals surface area contributed by atoms with Crippen molar-refractivity contribution < 1.29 is 0 Å². The van der Waals surface area contributed by atoms with E-state index in [0.717, 1.165) is 27.2 Å². The number of para-hydroxylation sites is 3. The van der Waals surface area contributed by atoms with Gasteiger partial charge in [-0.25, -0.2) is 4.79 Å². The van der Waals surface area contributed by atoms with E-state index < -0.39 is 0 Å². The molecule has 0 bridgehead atoms. The van der Waals surface area contributed by atoms with E-state index in [-0.39, 0.29) is 5.69 Å². The maximum atomic E-state index is 13.3. The van der Waals surface area contributed by atoms with Crippen LogP contribution in [0.25, 0.3) is 16.7 Å². The molecule has 3 nitrogen and oxygen atoms in total. The molecule has 1 heterocycles. The van der Waals surface area contributed by atoms with E-state index in [1.54, 1.807) is 16.3 Å². The molecular weight excluding hydrogens is 364 g/mol. The van der Waals surface area contributed by atoms with Crippen LogP contribution in [0.1, 0.15) is 5.56 Å². The van der Waals surface area contributed by atoms with Crippen LogP contribution in [0.4, 0.5) is 0 Å². The zero-order valence-corrected chi connectivity index (χ0v) is 15.8. The lowest BCUT2D eigenvalue weighted by Gasteiger charge is -2.08. The van der Waals surface area contributed by atoms with Gasteiger partial charge in [0.2, 0.25) is 0 Å². The van der Waals surface area contributed by atoms with E-state index in [9.17, 15) is 4.79 Å². The van der Waals surface area contributed by atoms with E-state index in [1.807, 2.05) is 83.6 Å². The fraction of sp³-hybridized carbons (Fsp3) is 0.0952. The molecule has 130 valence electrons. The molecule has 0 aliphatic rings. The average molecular weight is 381 g/mol. The van der Waals surface area contributed by atoms with Crippen LogP contribution in [0.3, 0.4) is 0 Å². The molecule has 3 aromatic carbocycles. The lowest BCUT2D eigenvalue weighted by Crippen LogP contribution is -2.24. The smallest absolute Gasteiger partial charge is 0.287 e. The number of nitrogens with zero attached hydrogens (tertiary/aromatic N) is 2. The first-order chi connectivity index (χ1) is 12.7. The molecular formula is C21H17ClN2OS. The maximum Gasteiger partial charge on any atom is 0.334 e. The molecule has 4 aromatic rings. The zero-order valence-electron chi connectivity index (χ0n) is 14.2. The third-order valence-electron chi connectivity index (χ3n) is 4.42. The second kappa shape index (κ2) is 7.06. The Bertz CT molecular complexity index is 1130. The molecule has 0 spiro atoms. The first-order valence-corrected chi connectivity index (χ1v) is 9.87. The molecule has 0 unspecified atom stereocenters. The van der Waals surface area contributed by atoms with Gasteiger partial charge in [0.15, 0.2) is 0 Å². The van der Waals surface area contributed by atoms with Crippen molar-refractivity contribution in [1.82, 2.24) is 9.13 Å². The second-order valence-electron chi connectivity index (χ2n) is 5.99. The van der Waals surface area contributed by atoms with Crippen LogP contribution in [0.5, 0.6) is 0 Å². The molecule has 0 atom stereocenters. The van der Waals surface area contributed by atoms with E-state index in [4.69, 9.17) is 11.6 Å². The molecule has 0 fully saturated rings. The highest BCUT2D eigenvalue weighted by atomic mass is 35.5. The monoisotopic (exact) mass is 380 g/mol. The fourth-order valence-electron chi connectivity index (χ4n) is 3.18. The van der Waals surface area contributed by atoms with Gasteiger partial charge in [0.25, 0.3) is 0 Å². The molecule has 0 N–H and O–H groups in total. The summed E-state index contributed by atoms with van der Waals surface area (Å²) < 4.78 is 3.62. The highest BCUT2D eigenvalue weighted by Crippen LogP contribution is 2.26. The van der Waals surface area contributed by atoms with Gasteiger partial charge >= 0.3 is 5.69 Å². The SMILES string of the molecule is CSc1ccccc1-n1c(=O)n(Cc2ccc(Cl)cc2)c2ccccc21. The van der Waals surface area contributed by atoms with Gasteiger partial charge in [0.05, 0.1) is 23.3 Å². The molecule has 0 aliphatic carbocycles. The molecule has 1 aromatic heterocycles. The van der Waals surface area contributed by atoms with Crippen LogP contribution >= 0.6 is 23.4 Å². The predicted octanol–water partition coefficient (Wildman–Crippen LogP) is 5.22. The Morgan fingerprint density at radius 3 is 2.27 bits per heavy atom. The molecule has 0 aliphatic heterocycles. The summed E-state index contributed by atoms with van der Waals surface area (Å²) in [5.41, 5.74) is 3.74. The minimum absolute atomic E-state index is 0.0392. The van der Waals surface area contributed by atoms with Gasteiger partial charge in [-0.3, -0.25) is 9.13 Å². The summed E-state index contributed by atoms with van der Waals surface area (Å²) in [6, 6.07) is 23.5. The minimum atomic E-state index is -0.0392. The van der Waals surface area contributed by atoms with Crippen molar-refractivity contribution in [2.75, 3.05) is 6.26 Å². The Labute approximate surface area is 160 Å². The first-order valence-electron chi connectivity index (χ1n) is 8.27. The van der Waals surface area contributed by atoms with Crippen molar-refractivity contribution in [3.05, 3.63) is 93.9 Å². The quantitative estimate of drug-likeness (QED) is 0.454. The summed E-state index contributed by atoms with van der Waals surface area (Å²) in [5, 5.41) is 0.692. The maximum absolute atomic E-state index is 13.3. The number of hydrogen-bond acceptors (Lipinski definition) is 2. The summed E-state index contributed by atoms with van der Waals surface area (Å²) in [6.07, 6.45) is 2.02. The Morgan fingerprint density at radius 2 is 1.54 bits per heavy atom. The topological polar surface area (TPSA) is 26.9 Å². The molecule has 0 saturated carbocycles. The van der Waals surface area contributed by atoms with Gasteiger partial charge in [-0.15, -0.1) is 11.8 Å². The van der Waals surface area contributed by atoms with Crippen LogP contribution in [0.15, 0.2) is 82.5 Å². The average Bonchev–Trinajstić information content (AvgIpc) is 2.95. The van der Waals surface area contributed by atoms with Crippen LogP contribution in [-0.4, -0.2) is 15.4 Å².